The minimum absolute atomic E-state index is 0.513. The fourth-order valence-corrected chi connectivity index (χ4v) is 1.26. The van der Waals surface area contributed by atoms with Crippen LogP contribution in [-0.4, -0.2) is 26.4 Å². The second kappa shape index (κ2) is 10.1. The van der Waals surface area contributed by atoms with Crippen LogP contribution in [0.4, 0.5) is 0 Å². The summed E-state index contributed by atoms with van der Waals surface area (Å²) in [4.78, 5) is 0. The second-order valence-electron chi connectivity index (χ2n) is 5.62. The van der Waals surface area contributed by atoms with Gasteiger partial charge in [0.25, 0.3) is 0 Å². The molecule has 0 aromatic carbocycles. The highest BCUT2D eigenvalue weighted by Crippen LogP contribution is 2.04. The summed E-state index contributed by atoms with van der Waals surface area (Å²) in [7, 11) is 0. The number of hydrogen-bond acceptors (Lipinski definition) is 2. The summed E-state index contributed by atoms with van der Waals surface area (Å²) in [5.41, 5.74) is 0. The third-order valence-electron chi connectivity index (χ3n) is 2.48. The van der Waals surface area contributed by atoms with Crippen molar-refractivity contribution in [3.05, 3.63) is 0 Å². The van der Waals surface area contributed by atoms with E-state index in [2.05, 4.69) is 34.6 Å². The Morgan fingerprint density at radius 3 is 1.38 bits per heavy atom. The van der Waals surface area contributed by atoms with Gasteiger partial charge in [-0.15, -0.1) is 0 Å². The van der Waals surface area contributed by atoms with Gasteiger partial charge in [0.05, 0.1) is 13.2 Å². The Kier molecular flexibility index (Phi) is 10.0. The van der Waals surface area contributed by atoms with Crippen molar-refractivity contribution in [2.24, 2.45) is 17.8 Å². The molecule has 0 saturated carbocycles. The third-order valence-corrected chi connectivity index (χ3v) is 2.48. The van der Waals surface area contributed by atoms with Crippen molar-refractivity contribution in [2.45, 2.75) is 47.5 Å². The maximum atomic E-state index is 5.60. The molecule has 0 saturated heterocycles. The van der Waals surface area contributed by atoms with Crippen LogP contribution in [0.3, 0.4) is 0 Å². The van der Waals surface area contributed by atoms with Crippen molar-refractivity contribution < 1.29 is 9.47 Å². The van der Waals surface area contributed by atoms with Crippen LogP contribution < -0.4 is 0 Å². The first-order chi connectivity index (χ1) is 7.52. The third kappa shape index (κ3) is 12.0. The summed E-state index contributed by atoms with van der Waals surface area (Å²) in [5, 5.41) is 0. The van der Waals surface area contributed by atoms with E-state index in [-0.39, 0.29) is 0 Å². The van der Waals surface area contributed by atoms with Crippen molar-refractivity contribution in [1.29, 1.82) is 0 Å². The van der Waals surface area contributed by atoms with Gasteiger partial charge in [0.15, 0.2) is 0 Å². The molecule has 0 aliphatic heterocycles. The van der Waals surface area contributed by atoms with Crippen molar-refractivity contribution in [2.75, 3.05) is 26.4 Å². The molecule has 0 radical (unpaired) electrons. The largest absolute Gasteiger partial charge is 0.381 e. The van der Waals surface area contributed by atoms with E-state index in [9.17, 15) is 0 Å². The maximum Gasteiger partial charge on any atom is 0.0513 e. The predicted octanol–water partition coefficient (Wildman–Crippen LogP) is 3.75. The molecule has 0 heterocycles. The average molecular weight is 230 g/mol. The first kappa shape index (κ1) is 15.9. The molecule has 0 aliphatic rings. The Balaban J connectivity index is 3.21. The highest BCUT2D eigenvalue weighted by atomic mass is 16.5. The first-order valence-corrected chi connectivity index (χ1v) is 6.67. The van der Waals surface area contributed by atoms with Crippen molar-refractivity contribution >= 4 is 0 Å². The zero-order valence-corrected chi connectivity index (χ0v) is 11.8. The molecule has 0 fully saturated rings. The van der Waals surface area contributed by atoms with Crippen LogP contribution in [0.1, 0.15) is 47.5 Å². The van der Waals surface area contributed by atoms with E-state index in [0.717, 1.165) is 51.1 Å². The molecule has 0 aromatic heterocycles. The minimum Gasteiger partial charge on any atom is -0.381 e. The van der Waals surface area contributed by atoms with Gasteiger partial charge in [-0.3, -0.25) is 0 Å². The summed E-state index contributed by atoms with van der Waals surface area (Å²) >= 11 is 0. The highest BCUT2D eigenvalue weighted by Gasteiger charge is 2.03. The van der Waals surface area contributed by atoms with Gasteiger partial charge in [0.1, 0.15) is 0 Å². The van der Waals surface area contributed by atoms with E-state index < -0.39 is 0 Å². The molecule has 0 rings (SSSR count). The summed E-state index contributed by atoms with van der Waals surface area (Å²) in [6.07, 6.45) is 2.31. The Morgan fingerprint density at radius 1 is 0.688 bits per heavy atom. The van der Waals surface area contributed by atoms with Gasteiger partial charge >= 0.3 is 0 Å². The number of hydrogen-bond donors (Lipinski definition) is 0. The molecule has 0 unspecified atom stereocenters. The van der Waals surface area contributed by atoms with Crippen LogP contribution in [-0.2, 0) is 9.47 Å². The van der Waals surface area contributed by atoms with Gasteiger partial charge in [-0.1, -0.05) is 34.6 Å². The predicted molar refractivity (Wildman–Crippen MR) is 69.7 cm³/mol. The van der Waals surface area contributed by atoms with Crippen LogP contribution in [0.15, 0.2) is 0 Å². The Labute approximate surface area is 102 Å². The molecule has 0 spiro atoms. The van der Waals surface area contributed by atoms with Crippen LogP contribution >= 0.6 is 0 Å². The van der Waals surface area contributed by atoms with E-state index in [1.54, 1.807) is 0 Å². The van der Waals surface area contributed by atoms with Crippen molar-refractivity contribution in [3.8, 4) is 0 Å². The van der Waals surface area contributed by atoms with Crippen LogP contribution in [0.2, 0.25) is 0 Å². The average Bonchev–Trinajstić information content (AvgIpc) is 2.19. The molecule has 0 bridgehead atoms. The van der Waals surface area contributed by atoms with Gasteiger partial charge < -0.3 is 9.47 Å². The highest BCUT2D eigenvalue weighted by molar-refractivity contribution is 4.51. The Bertz CT molecular complexity index is 128. The lowest BCUT2D eigenvalue weighted by molar-refractivity contribution is 0.0395. The van der Waals surface area contributed by atoms with Crippen LogP contribution in [0, 0.1) is 17.8 Å². The van der Waals surface area contributed by atoms with Gasteiger partial charge in [-0.05, 0) is 24.7 Å². The molecule has 2 heteroatoms. The van der Waals surface area contributed by atoms with Gasteiger partial charge in [-0.25, -0.2) is 0 Å². The zero-order valence-electron chi connectivity index (χ0n) is 11.8. The molecular formula is C14H30O2. The molecule has 98 valence electrons. The Hall–Kier alpha value is -0.0800. The lowest BCUT2D eigenvalue weighted by Gasteiger charge is -2.13. The minimum atomic E-state index is 0.513. The van der Waals surface area contributed by atoms with E-state index in [4.69, 9.17) is 9.47 Å². The van der Waals surface area contributed by atoms with Crippen molar-refractivity contribution in [1.82, 2.24) is 0 Å². The second-order valence-corrected chi connectivity index (χ2v) is 5.62. The van der Waals surface area contributed by atoms with Gasteiger partial charge in [0, 0.05) is 19.1 Å². The summed E-state index contributed by atoms with van der Waals surface area (Å²) in [6.45, 7) is 14.5. The number of rotatable bonds is 10. The molecule has 0 amide bonds. The van der Waals surface area contributed by atoms with Crippen LogP contribution in [0.5, 0.6) is 0 Å². The molecule has 0 aromatic rings. The van der Waals surface area contributed by atoms with Crippen LogP contribution in [0.25, 0.3) is 0 Å². The molecule has 16 heavy (non-hydrogen) atoms. The maximum absolute atomic E-state index is 5.60. The molecule has 0 aliphatic carbocycles. The lowest BCUT2D eigenvalue weighted by atomic mass is 10.1. The van der Waals surface area contributed by atoms with Gasteiger partial charge in [-0.2, -0.15) is 0 Å². The fraction of sp³-hybridized carbons (Fsp3) is 1.00. The summed E-state index contributed by atoms with van der Waals surface area (Å²) in [6, 6.07) is 0. The summed E-state index contributed by atoms with van der Waals surface area (Å²) in [5.74, 6) is 1.98. The van der Waals surface area contributed by atoms with E-state index in [0.29, 0.717) is 5.92 Å². The van der Waals surface area contributed by atoms with E-state index >= 15 is 0 Å². The van der Waals surface area contributed by atoms with Crippen molar-refractivity contribution in [3.63, 3.8) is 0 Å². The lowest BCUT2D eigenvalue weighted by Crippen LogP contribution is -2.14. The molecule has 2 nitrogen and oxygen atoms in total. The Morgan fingerprint density at radius 2 is 1.06 bits per heavy atom. The summed E-state index contributed by atoms with van der Waals surface area (Å²) < 4.78 is 11.2. The smallest absolute Gasteiger partial charge is 0.0513 e. The SMILES string of the molecule is CC(C)CCOCC(C)COCCC(C)C. The van der Waals surface area contributed by atoms with E-state index in [1.807, 2.05) is 0 Å². The molecular weight excluding hydrogens is 200 g/mol. The number of ether oxygens (including phenoxy) is 2. The standard InChI is InChI=1S/C14H30O2/c1-12(2)6-8-15-10-14(5)11-16-9-7-13(3)4/h12-14H,6-11H2,1-5H3. The molecule has 0 N–H and O–H groups in total. The molecule has 0 atom stereocenters. The first-order valence-electron chi connectivity index (χ1n) is 6.67. The zero-order chi connectivity index (χ0) is 12.4. The fourth-order valence-electron chi connectivity index (χ4n) is 1.26. The quantitative estimate of drug-likeness (QED) is 0.532. The normalized spacial score (nSPS) is 12.0. The topological polar surface area (TPSA) is 18.5 Å². The van der Waals surface area contributed by atoms with Gasteiger partial charge in [0.2, 0.25) is 0 Å². The monoisotopic (exact) mass is 230 g/mol. The van der Waals surface area contributed by atoms with E-state index in [1.165, 1.54) is 0 Å².